The third kappa shape index (κ3) is 6.69. The lowest BCUT2D eigenvalue weighted by atomic mass is 9.71. The van der Waals surface area contributed by atoms with Crippen LogP contribution in [-0.4, -0.2) is 38.9 Å². The number of carbonyl (C=O) groups is 2. The number of non-ortho nitro benzene ring substituents is 1. The lowest BCUT2D eigenvalue weighted by molar-refractivity contribution is -0.384. The van der Waals surface area contributed by atoms with Crippen molar-refractivity contribution in [2.24, 2.45) is 0 Å². The molecule has 0 saturated heterocycles. The Bertz CT molecular complexity index is 1580. The van der Waals surface area contributed by atoms with Crippen LogP contribution in [0.5, 0.6) is 0 Å². The third-order valence-electron chi connectivity index (χ3n) is 8.67. The van der Waals surface area contributed by atoms with E-state index >= 15 is 0 Å². The number of nitrogens with zero attached hydrogens (tertiary/aromatic N) is 2. The average molecular weight is 583 g/mol. The number of pyridine rings is 1. The number of hydrogen-bond acceptors (Lipinski definition) is 5. The van der Waals surface area contributed by atoms with Gasteiger partial charge < -0.3 is 20.9 Å². The van der Waals surface area contributed by atoms with Crippen LogP contribution in [0.4, 0.5) is 10.5 Å². The van der Waals surface area contributed by atoms with Gasteiger partial charge >= 0.3 is 6.03 Å². The summed E-state index contributed by atoms with van der Waals surface area (Å²) in [6.45, 7) is 3.96. The van der Waals surface area contributed by atoms with E-state index in [-0.39, 0.29) is 23.4 Å². The van der Waals surface area contributed by atoms with Crippen LogP contribution in [0.15, 0.2) is 79.1 Å². The van der Waals surface area contributed by atoms with Crippen molar-refractivity contribution in [2.75, 3.05) is 6.54 Å². The third-order valence-corrected chi connectivity index (χ3v) is 8.67. The van der Waals surface area contributed by atoms with Crippen LogP contribution >= 0.6 is 0 Å². The Kier molecular flexibility index (Phi) is 8.75. The first-order valence-corrected chi connectivity index (χ1v) is 14.8. The van der Waals surface area contributed by atoms with Crippen molar-refractivity contribution >= 4 is 28.5 Å². The second-order valence-corrected chi connectivity index (χ2v) is 11.8. The van der Waals surface area contributed by atoms with E-state index in [0.29, 0.717) is 12.1 Å². The number of urea groups is 1. The van der Waals surface area contributed by atoms with Crippen LogP contribution in [0.1, 0.15) is 68.8 Å². The highest BCUT2D eigenvalue weighted by Gasteiger charge is 2.40. The van der Waals surface area contributed by atoms with Gasteiger partial charge in [-0.1, -0.05) is 55.7 Å². The fourth-order valence-electron chi connectivity index (χ4n) is 6.16. The molecular weight excluding hydrogens is 544 g/mol. The summed E-state index contributed by atoms with van der Waals surface area (Å²) in [5.74, 6) is -0.281. The van der Waals surface area contributed by atoms with E-state index in [1.165, 1.54) is 12.1 Å². The summed E-state index contributed by atoms with van der Waals surface area (Å²) in [5.41, 5.74) is 1.98. The molecule has 2 heterocycles. The maximum Gasteiger partial charge on any atom is 0.316 e. The quantitative estimate of drug-likeness (QED) is 0.137. The second-order valence-electron chi connectivity index (χ2n) is 11.8. The Hall–Kier alpha value is -4.73. The van der Waals surface area contributed by atoms with E-state index in [9.17, 15) is 19.7 Å². The largest absolute Gasteiger partial charge is 0.361 e. The van der Waals surface area contributed by atoms with Crippen molar-refractivity contribution in [2.45, 2.75) is 69.4 Å². The summed E-state index contributed by atoms with van der Waals surface area (Å²) in [6.07, 6.45) is 9.11. The summed E-state index contributed by atoms with van der Waals surface area (Å²) in [7, 11) is 0. The minimum Gasteiger partial charge on any atom is -0.361 e. The maximum absolute atomic E-state index is 14.1. The molecule has 10 heteroatoms. The number of aromatic nitrogens is 2. The van der Waals surface area contributed by atoms with Crippen LogP contribution in [0.25, 0.3) is 10.9 Å². The van der Waals surface area contributed by atoms with Gasteiger partial charge in [-0.25, -0.2) is 4.79 Å². The highest BCUT2D eigenvalue weighted by atomic mass is 16.6. The van der Waals surface area contributed by atoms with Crippen molar-refractivity contribution in [1.82, 2.24) is 25.9 Å². The number of carbonyl (C=O) groups excluding carboxylic acids is 2. The fraction of sp³-hybridized carbons (Fsp3) is 0.364. The average Bonchev–Trinajstić information content (AvgIpc) is 3.42. The Morgan fingerprint density at radius 3 is 2.47 bits per heavy atom. The van der Waals surface area contributed by atoms with Gasteiger partial charge in [-0.3, -0.25) is 19.9 Å². The summed E-state index contributed by atoms with van der Waals surface area (Å²) in [5, 5.41) is 21.1. The number of nitro benzene ring substituents is 1. The van der Waals surface area contributed by atoms with Crippen LogP contribution < -0.4 is 16.0 Å². The van der Waals surface area contributed by atoms with Gasteiger partial charge in [0.05, 0.1) is 11.0 Å². The Morgan fingerprint density at radius 2 is 1.77 bits per heavy atom. The van der Waals surface area contributed by atoms with Crippen LogP contribution in [0, 0.1) is 10.1 Å². The zero-order valence-electron chi connectivity index (χ0n) is 24.6. The number of amides is 3. The van der Waals surface area contributed by atoms with Crippen molar-refractivity contribution < 1.29 is 14.5 Å². The molecule has 0 spiro atoms. The molecule has 1 fully saturated rings. The van der Waals surface area contributed by atoms with Gasteiger partial charge in [-0.15, -0.1) is 0 Å². The molecule has 2 atom stereocenters. The molecule has 0 aliphatic heterocycles. The predicted octanol–water partition coefficient (Wildman–Crippen LogP) is 5.85. The molecule has 1 aliphatic rings. The second kappa shape index (κ2) is 12.6. The standard InChI is InChI=1S/C33H38N6O4/c1-23(24-13-15-26(16-14-24)39(42)43)37-31(41)38-32(2,20-25-21-35-28-11-5-4-10-27(25)28)30(40)36-22-33(17-7-3-8-18-33)29-12-6-9-19-34-29/h4-6,9-16,19,21,23,35H,3,7-8,17-18,20,22H2,1-2H3,(H,36,40)(H2,37,38,41)/t23-,32-/m0/s1. The van der Waals surface area contributed by atoms with Crippen LogP contribution in [-0.2, 0) is 16.6 Å². The molecule has 2 aromatic carbocycles. The number of benzene rings is 2. The first-order valence-electron chi connectivity index (χ1n) is 14.8. The van der Waals surface area contributed by atoms with Gasteiger partial charge in [0.15, 0.2) is 0 Å². The first kappa shape index (κ1) is 29.8. The monoisotopic (exact) mass is 582 g/mol. The number of aromatic amines is 1. The minimum absolute atomic E-state index is 0.0233. The molecule has 0 unspecified atom stereocenters. The molecule has 1 aliphatic carbocycles. The van der Waals surface area contributed by atoms with Crippen LogP contribution in [0.3, 0.4) is 0 Å². The topological polar surface area (TPSA) is 142 Å². The molecule has 5 rings (SSSR count). The van der Waals surface area contributed by atoms with E-state index in [1.54, 1.807) is 32.2 Å². The van der Waals surface area contributed by atoms with E-state index in [1.807, 2.05) is 48.7 Å². The number of rotatable bonds is 10. The molecule has 0 radical (unpaired) electrons. The van der Waals surface area contributed by atoms with Gasteiger partial charge in [0.1, 0.15) is 5.54 Å². The molecule has 10 nitrogen and oxygen atoms in total. The van der Waals surface area contributed by atoms with Crippen LogP contribution in [0.2, 0.25) is 0 Å². The summed E-state index contributed by atoms with van der Waals surface area (Å²) >= 11 is 0. The van der Waals surface area contributed by atoms with E-state index in [0.717, 1.165) is 54.3 Å². The lowest BCUT2D eigenvalue weighted by Crippen LogP contribution is -2.61. The zero-order chi connectivity index (χ0) is 30.5. The molecule has 4 aromatic rings. The highest BCUT2D eigenvalue weighted by molar-refractivity contribution is 5.92. The summed E-state index contributed by atoms with van der Waals surface area (Å²) in [6, 6.07) is 18.9. The first-order chi connectivity index (χ1) is 20.7. The number of hydrogen-bond donors (Lipinski definition) is 4. The molecular formula is C33H38N6O4. The van der Waals surface area contributed by atoms with Crippen molar-refractivity contribution in [3.63, 3.8) is 0 Å². The van der Waals surface area contributed by atoms with Gasteiger partial charge in [0.25, 0.3) is 5.69 Å². The minimum atomic E-state index is -1.29. The smallest absolute Gasteiger partial charge is 0.316 e. The summed E-state index contributed by atoms with van der Waals surface area (Å²) in [4.78, 5) is 46.0. The van der Waals surface area contributed by atoms with Crippen molar-refractivity contribution in [3.8, 4) is 0 Å². The normalized spacial score (nSPS) is 16.5. The molecule has 43 heavy (non-hydrogen) atoms. The molecule has 3 amide bonds. The predicted molar refractivity (Wildman–Crippen MR) is 166 cm³/mol. The van der Waals surface area contributed by atoms with Gasteiger partial charge in [0, 0.05) is 59.5 Å². The number of fused-ring (bicyclic) bond motifs is 1. The van der Waals surface area contributed by atoms with E-state index in [2.05, 4.69) is 25.9 Å². The number of H-pyrrole nitrogens is 1. The molecule has 0 bridgehead atoms. The van der Waals surface area contributed by atoms with E-state index < -0.39 is 22.5 Å². The Balaban J connectivity index is 1.36. The van der Waals surface area contributed by atoms with Crippen molar-refractivity contribution in [1.29, 1.82) is 0 Å². The van der Waals surface area contributed by atoms with Gasteiger partial charge in [0.2, 0.25) is 5.91 Å². The SMILES string of the molecule is C[C@H](NC(=O)N[C@@](C)(Cc1c[nH]c2ccccc12)C(=O)NCC1(c2ccccn2)CCCCC1)c1ccc([N+](=O)[O-])cc1. The molecule has 2 aromatic heterocycles. The highest BCUT2D eigenvalue weighted by Crippen LogP contribution is 2.38. The van der Waals surface area contributed by atoms with E-state index in [4.69, 9.17) is 0 Å². The Labute approximate surface area is 250 Å². The zero-order valence-corrected chi connectivity index (χ0v) is 24.6. The van der Waals surface area contributed by atoms with Gasteiger partial charge in [-0.05, 0) is 56.0 Å². The number of nitrogens with one attached hydrogen (secondary N) is 4. The lowest BCUT2D eigenvalue weighted by Gasteiger charge is -2.38. The van der Waals surface area contributed by atoms with Gasteiger partial charge in [-0.2, -0.15) is 0 Å². The number of nitro groups is 1. The molecule has 4 N–H and O–H groups in total. The van der Waals surface area contributed by atoms with Crippen molar-refractivity contribution in [3.05, 3.63) is 106 Å². The maximum atomic E-state index is 14.1. The fourth-order valence-corrected chi connectivity index (χ4v) is 6.16. The molecule has 1 saturated carbocycles. The number of para-hydroxylation sites is 1. The molecule has 224 valence electrons. The summed E-state index contributed by atoms with van der Waals surface area (Å²) < 4.78 is 0. The Morgan fingerprint density at radius 1 is 1.05 bits per heavy atom.